The number of hydrogen-bond donors (Lipinski definition) is 0. The first-order chi connectivity index (χ1) is 16.0. The van der Waals surface area contributed by atoms with Gasteiger partial charge < -0.3 is 14.2 Å². The molecule has 0 spiro atoms. The van der Waals surface area contributed by atoms with Gasteiger partial charge in [0.2, 0.25) is 0 Å². The third-order valence-corrected chi connectivity index (χ3v) is 6.94. The van der Waals surface area contributed by atoms with Crippen LogP contribution in [0.2, 0.25) is 0 Å². The molecule has 0 fully saturated rings. The summed E-state index contributed by atoms with van der Waals surface area (Å²) in [6.07, 6.45) is 1.86. The fraction of sp³-hybridized carbons (Fsp3) is 0.292. The lowest BCUT2D eigenvalue weighted by molar-refractivity contribution is -0.139. The van der Waals surface area contributed by atoms with E-state index in [0.29, 0.717) is 44.3 Å². The number of ether oxygens (including phenoxy) is 3. The van der Waals surface area contributed by atoms with Crippen LogP contribution in [0.1, 0.15) is 37.3 Å². The monoisotopic (exact) mass is 484 g/mol. The van der Waals surface area contributed by atoms with Gasteiger partial charge in [0.05, 0.1) is 42.2 Å². The highest BCUT2D eigenvalue weighted by atomic mass is 32.1. The number of nitrogens with zero attached hydrogens (tertiary/aromatic N) is 2. The van der Waals surface area contributed by atoms with Gasteiger partial charge in [-0.2, -0.15) is 0 Å². The Morgan fingerprint density at radius 3 is 2.70 bits per heavy atom. The molecule has 0 bridgehead atoms. The van der Waals surface area contributed by atoms with E-state index in [1.54, 1.807) is 49.0 Å². The van der Waals surface area contributed by atoms with E-state index in [9.17, 15) is 9.59 Å². The summed E-state index contributed by atoms with van der Waals surface area (Å²) in [4.78, 5) is 32.6. The van der Waals surface area contributed by atoms with Gasteiger partial charge >= 0.3 is 5.97 Å². The van der Waals surface area contributed by atoms with Gasteiger partial charge in [0.1, 0.15) is 0 Å². The second-order valence-electron chi connectivity index (χ2n) is 7.16. The lowest BCUT2D eigenvalue weighted by atomic mass is 9.95. The molecular formula is C24H24N2O5S2. The van der Waals surface area contributed by atoms with E-state index < -0.39 is 12.0 Å². The summed E-state index contributed by atoms with van der Waals surface area (Å²) in [5.41, 5.74) is 1.36. The number of carbonyl (C=O) groups excluding carboxylic acids is 1. The number of aromatic nitrogens is 1. The van der Waals surface area contributed by atoms with Gasteiger partial charge in [-0.3, -0.25) is 9.36 Å². The molecule has 0 saturated carbocycles. The molecule has 3 aromatic rings. The van der Waals surface area contributed by atoms with E-state index in [1.165, 1.54) is 11.3 Å². The number of carbonyl (C=O) groups is 1. The number of fused-ring (bicyclic) bond motifs is 1. The van der Waals surface area contributed by atoms with Crippen LogP contribution in [0.25, 0.3) is 6.08 Å². The number of thiophene rings is 1. The maximum absolute atomic E-state index is 13.5. The van der Waals surface area contributed by atoms with Crippen LogP contribution in [0.3, 0.4) is 0 Å². The number of hydrogen-bond acceptors (Lipinski definition) is 8. The van der Waals surface area contributed by atoms with Crippen molar-refractivity contribution in [3.05, 3.63) is 77.1 Å². The Morgan fingerprint density at radius 2 is 2.03 bits per heavy atom. The standard InChI is InChI=1S/C24H24N2O5S2/c1-5-30-18-12-15(9-10-17(18)29-4)21-20(23(28)31-6-2)14(3)25-24-26(21)22(27)19(33-24)13-16-8-7-11-32-16/h7-13,21H,5-6H2,1-4H3. The fourth-order valence-corrected chi connectivity index (χ4v) is 5.51. The minimum atomic E-state index is -0.698. The molecule has 9 heteroatoms. The maximum atomic E-state index is 13.5. The highest BCUT2D eigenvalue weighted by molar-refractivity contribution is 7.11. The average Bonchev–Trinajstić information content (AvgIpc) is 3.41. The molecule has 1 aliphatic heterocycles. The van der Waals surface area contributed by atoms with Crippen molar-refractivity contribution in [3.63, 3.8) is 0 Å². The predicted octanol–water partition coefficient (Wildman–Crippen LogP) is 3.27. The molecule has 172 valence electrons. The van der Waals surface area contributed by atoms with E-state index in [2.05, 4.69) is 4.99 Å². The van der Waals surface area contributed by atoms with Crippen LogP contribution < -0.4 is 24.4 Å². The Labute approximate surface area is 198 Å². The summed E-state index contributed by atoms with van der Waals surface area (Å²) in [7, 11) is 1.57. The molecule has 1 aromatic carbocycles. The molecule has 4 rings (SSSR count). The highest BCUT2D eigenvalue weighted by Gasteiger charge is 2.33. The molecule has 0 aliphatic carbocycles. The zero-order valence-corrected chi connectivity index (χ0v) is 20.4. The van der Waals surface area contributed by atoms with Crippen LogP contribution in [0.4, 0.5) is 0 Å². The number of esters is 1. The second-order valence-corrected chi connectivity index (χ2v) is 9.15. The average molecular weight is 485 g/mol. The first kappa shape index (κ1) is 23.0. The summed E-state index contributed by atoms with van der Waals surface area (Å²) >= 11 is 2.86. The molecule has 1 atom stereocenters. The molecule has 2 aromatic heterocycles. The lowest BCUT2D eigenvalue weighted by Gasteiger charge is -2.25. The highest BCUT2D eigenvalue weighted by Crippen LogP contribution is 2.36. The van der Waals surface area contributed by atoms with E-state index in [1.807, 2.05) is 36.6 Å². The van der Waals surface area contributed by atoms with Crippen LogP contribution >= 0.6 is 22.7 Å². The molecule has 33 heavy (non-hydrogen) atoms. The van der Waals surface area contributed by atoms with Crippen LogP contribution in [0, 0.1) is 0 Å². The summed E-state index contributed by atoms with van der Waals surface area (Å²) in [5.74, 6) is 0.616. The van der Waals surface area contributed by atoms with Gasteiger partial charge in [-0.25, -0.2) is 9.79 Å². The Hall–Kier alpha value is -3.17. The Morgan fingerprint density at radius 1 is 1.21 bits per heavy atom. The normalized spacial score (nSPS) is 15.8. The molecule has 0 radical (unpaired) electrons. The smallest absolute Gasteiger partial charge is 0.338 e. The third-order valence-electron chi connectivity index (χ3n) is 5.14. The molecule has 7 nitrogen and oxygen atoms in total. The van der Waals surface area contributed by atoms with Crippen molar-refractivity contribution in [1.82, 2.24) is 4.57 Å². The van der Waals surface area contributed by atoms with Gasteiger partial charge in [0.15, 0.2) is 16.3 Å². The summed E-state index contributed by atoms with van der Waals surface area (Å²) in [6, 6.07) is 8.61. The van der Waals surface area contributed by atoms with Gasteiger partial charge in [0, 0.05) is 4.88 Å². The second kappa shape index (κ2) is 9.76. The Kier molecular flexibility index (Phi) is 6.80. The number of allylic oxidation sites excluding steroid dienone is 1. The maximum Gasteiger partial charge on any atom is 0.338 e. The molecule has 0 saturated heterocycles. The van der Waals surface area contributed by atoms with Crippen molar-refractivity contribution >= 4 is 34.7 Å². The zero-order chi connectivity index (χ0) is 23.5. The molecule has 1 aliphatic rings. The first-order valence-corrected chi connectivity index (χ1v) is 12.2. The summed E-state index contributed by atoms with van der Waals surface area (Å²) in [5, 5.41) is 1.96. The van der Waals surface area contributed by atoms with Crippen LogP contribution in [0.15, 0.2) is 56.8 Å². The van der Waals surface area contributed by atoms with Gasteiger partial charge in [0.25, 0.3) is 5.56 Å². The Balaban J connectivity index is 1.97. The number of methoxy groups -OCH3 is 1. The van der Waals surface area contributed by atoms with Crippen molar-refractivity contribution in [3.8, 4) is 11.5 Å². The fourth-order valence-electron chi connectivity index (χ4n) is 3.74. The van der Waals surface area contributed by atoms with Crippen molar-refractivity contribution < 1.29 is 19.0 Å². The van der Waals surface area contributed by atoms with E-state index in [-0.39, 0.29) is 12.2 Å². The zero-order valence-electron chi connectivity index (χ0n) is 18.8. The van der Waals surface area contributed by atoms with Crippen LogP contribution in [-0.2, 0) is 9.53 Å². The quantitative estimate of drug-likeness (QED) is 0.481. The summed E-state index contributed by atoms with van der Waals surface area (Å²) < 4.78 is 18.6. The Bertz CT molecular complexity index is 1380. The molecule has 0 amide bonds. The molecule has 1 unspecified atom stereocenters. The van der Waals surface area contributed by atoms with Crippen molar-refractivity contribution in [2.24, 2.45) is 4.99 Å². The van der Waals surface area contributed by atoms with E-state index >= 15 is 0 Å². The SMILES string of the molecule is CCOC(=O)C1=C(C)N=c2sc(=Cc3cccs3)c(=O)n2C1c1ccc(OC)c(OCC)c1. The van der Waals surface area contributed by atoms with Crippen molar-refractivity contribution in [2.45, 2.75) is 26.8 Å². The van der Waals surface area contributed by atoms with E-state index in [0.717, 1.165) is 4.88 Å². The third kappa shape index (κ3) is 4.38. The van der Waals surface area contributed by atoms with Crippen molar-refractivity contribution in [1.29, 1.82) is 0 Å². The van der Waals surface area contributed by atoms with Crippen LogP contribution in [-0.4, -0.2) is 30.9 Å². The van der Waals surface area contributed by atoms with Crippen LogP contribution in [0.5, 0.6) is 11.5 Å². The minimum Gasteiger partial charge on any atom is -0.493 e. The number of benzene rings is 1. The van der Waals surface area contributed by atoms with Gasteiger partial charge in [-0.1, -0.05) is 23.5 Å². The van der Waals surface area contributed by atoms with E-state index in [4.69, 9.17) is 14.2 Å². The first-order valence-electron chi connectivity index (χ1n) is 10.5. The lowest BCUT2D eigenvalue weighted by Crippen LogP contribution is -2.39. The molecule has 0 N–H and O–H groups in total. The topological polar surface area (TPSA) is 79.1 Å². The molecular weight excluding hydrogens is 460 g/mol. The van der Waals surface area contributed by atoms with Crippen molar-refractivity contribution in [2.75, 3.05) is 20.3 Å². The minimum absolute atomic E-state index is 0.208. The van der Waals surface area contributed by atoms with Gasteiger partial charge in [-0.05, 0) is 56.0 Å². The van der Waals surface area contributed by atoms with Gasteiger partial charge in [-0.15, -0.1) is 11.3 Å². The number of rotatable bonds is 7. The number of thiazole rings is 1. The predicted molar refractivity (Wildman–Crippen MR) is 129 cm³/mol. The largest absolute Gasteiger partial charge is 0.493 e. The molecule has 3 heterocycles. The summed E-state index contributed by atoms with van der Waals surface area (Å²) in [6.45, 7) is 6.07.